The molecule has 0 aliphatic carbocycles. The second kappa shape index (κ2) is 5.36. The molecule has 2 rings (SSSR count). The van der Waals surface area contributed by atoms with Crippen molar-refractivity contribution in [2.75, 3.05) is 13.7 Å². The van der Waals surface area contributed by atoms with Crippen molar-refractivity contribution >= 4 is 27.5 Å². The van der Waals surface area contributed by atoms with Gasteiger partial charge >= 0.3 is 0 Å². The van der Waals surface area contributed by atoms with Crippen molar-refractivity contribution in [3.63, 3.8) is 0 Å². The van der Waals surface area contributed by atoms with Crippen LogP contribution in [-0.4, -0.2) is 13.7 Å². The standard InChI is InChI=1S/C11H13BrClNO2/c1-15-14-10-3-2-4-16-11-8(10)5-7(12)6-9(11)13/h5-6,10,14H,2-4H2,1H3. The Kier molecular flexibility index (Phi) is 4.08. The van der Waals surface area contributed by atoms with Gasteiger partial charge in [0.2, 0.25) is 0 Å². The first-order valence-corrected chi connectivity index (χ1v) is 6.29. The quantitative estimate of drug-likeness (QED) is 0.849. The summed E-state index contributed by atoms with van der Waals surface area (Å²) >= 11 is 9.60. The first-order valence-electron chi connectivity index (χ1n) is 5.12. The smallest absolute Gasteiger partial charge is 0.142 e. The summed E-state index contributed by atoms with van der Waals surface area (Å²) in [6.45, 7) is 0.691. The van der Waals surface area contributed by atoms with E-state index in [0.29, 0.717) is 11.6 Å². The number of halogens is 2. The molecule has 0 spiro atoms. The van der Waals surface area contributed by atoms with Gasteiger partial charge < -0.3 is 9.57 Å². The summed E-state index contributed by atoms with van der Waals surface area (Å²) in [6.07, 6.45) is 1.94. The largest absolute Gasteiger partial charge is 0.492 e. The van der Waals surface area contributed by atoms with E-state index in [0.717, 1.165) is 28.6 Å². The molecule has 1 unspecified atom stereocenters. The lowest BCUT2D eigenvalue weighted by Crippen LogP contribution is -2.19. The Bertz CT molecular complexity index is 386. The van der Waals surface area contributed by atoms with Gasteiger partial charge in [-0.15, -0.1) is 0 Å². The van der Waals surface area contributed by atoms with Crippen LogP contribution in [-0.2, 0) is 4.84 Å². The third-order valence-electron chi connectivity index (χ3n) is 2.56. The molecular weight excluding hydrogens is 293 g/mol. The highest BCUT2D eigenvalue weighted by atomic mass is 79.9. The molecule has 1 aromatic carbocycles. The number of rotatable bonds is 2. The second-order valence-electron chi connectivity index (χ2n) is 3.67. The fraction of sp³-hybridized carbons (Fsp3) is 0.455. The maximum absolute atomic E-state index is 6.16. The van der Waals surface area contributed by atoms with E-state index in [4.69, 9.17) is 21.2 Å². The third-order valence-corrected chi connectivity index (χ3v) is 3.29. The van der Waals surface area contributed by atoms with E-state index in [1.54, 1.807) is 7.11 Å². The van der Waals surface area contributed by atoms with Gasteiger partial charge in [0.1, 0.15) is 5.75 Å². The number of hydroxylamine groups is 1. The molecule has 1 heterocycles. The summed E-state index contributed by atoms with van der Waals surface area (Å²) in [4.78, 5) is 5.01. The van der Waals surface area contributed by atoms with Crippen molar-refractivity contribution in [3.05, 3.63) is 27.2 Å². The molecule has 0 aromatic heterocycles. The zero-order valence-electron chi connectivity index (χ0n) is 8.93. The number of hydrogen-bond donors (Lipinski definition) is 1. The van der Waals surface area contributed by atoms with Gasteiger partial charge in [0.05, 0.1) is 24.8 Å². The van der Waals surface area contributed by atoms with Crippen LogP contribution < -0.4 is 10.2 Å². The van der Waals surface area contributed by atoms with E-state index in [2.05, 4.69) is 21.4 Å². The van der Waals surface area contributed by atoms with Gasteiger partial charge in [-0.3, -0.25) is 0 Å². The van der Waals surface area contributed by atoms with E-state index in [1.165, 1.54) is 0 Å². The van der Waals surface area contributed by atoms with E-state index < -0.39 is 0 Å². The fourth-order valence-electron chi connectivity index (χ4n) is 1.87. The van der Waals surface area contributed by atoms with Gasteiger partial charge in [0, 0.05) is 10.0 Å². The highest BCUT2D eigenvalue weighted by Crippen LogP contribution is 2.39. The van der Waals surface area contributed by atoms with Gasteiger partial charge in [-0.1, -0.05) is 27.5 Å². The first kappa shape index (κ1) is 12.2. The van der Waals surface area contributed by atoms with Crippen molar-refractivity contribution < 1.29 is 9.57 Å². The molecule has 88 valence electrons. The second-order valence-corrected chi connectivity index (χ2v) is 4.99. The predicted octanol–water partition coefficient (Wildman–Crippen LogP) is 3.47. The van der Waals surface area contributed by atoms with Crippen LogP contribution in [0.4, 0.5) is 0 Å². The maximum Gasteiger partial charge on any atom is 0.142 e. The average molecular weight is 307 g/mol. The molecule has 1 N–H and O–H groups in total. The average Bonchev–Trinajstić information content (AvgIpc) is 2.42. The number of fused-ring (bicyclic) bond motifs is 1. The van der Waals surface area contributed by atoms with Crippen molar-refractivity contribution in [2.24, 2.45) is 0 Å². The maximum atomic E-state index is 6.16. The molecule has 0 bridgehead atoms. The normalized spacial score (nSPS) is 19.8. The van der Waals surface area contributed by atoms with Gasteiger partial charge in [-0.05, 0) is 25.0 Å². The van der Waals surface area contributed by atoms with Crippen molar-refractivity contribution in [2.45, 2.75) is 18.9 Å². The molecule has 1 aliphatic rings. The number of nitrogens with one attached hydrogen (secondary N) is 1. The Balaban J connectivity index is 2.43. The third kappa shape index (κ3) is 2.51. The minimum atomic E-state index is 0.123. The molecule has 5 heteroatoms. The van der Waals surface area contributed by atoms with Crippen molar-refractivity contribution in [3.8, 4) is 5.75 Å². The lowest BCUT2D eigenvalue weighted by Gasteiger charge is -2.17. The van der Waals surface area contributed by atoms with E-state index in [9.17, 15) is 0 Å². The van der Waals surface area contributed by atoms with Crippen LogP contribution >= 0.6 is 27.5 Å². The van der Waals surface area contributed by atoms with Gasteiger partial charge in [0.15, 0.2) is 0 Å². The van der Waals surface area contributed by atoms with Gasteiger partial charge in [-0.2, -0.15) is 5.48 Å². The van der Waals surface area contributed by atoms with Crippen LogP contribution in [0.1, 0.15) is 24.4 Å². The Hall–Kier alpha value is -0.290. The van der Waals surface area contributed by atoms with Gasteiger partial charge in [0.25, 0.3) is 0 Å². The lowest BCUT2D eigenvalue weighted by atomic mass is 10.0. The monoisotopic (exact) mass is 305 g/mol. The Morgan fingerprint density at radius 1 is 1.56 bits per heavy atom. The molecule has 0 amide bonds. The highest BCUT2D eigenvalue weighted by Gasteiger charge is 2.22. The summed E-state index contributed by atoms with van der Waals surface area (Å²) in [5, 5.41) is 0.633. The van der Waals surface area contributed by atoms with Gasteiger partial charge in [-0.25, -0.2) is 0 Å². The van der Waals surface area contributed by atoms with E-state index in [1.807, 2.05) is 12.1 Å². The van der Waals surface area contributed by atoms with Crippen LogP contribution in [0.25, 0.3) is 0 Å². The molecule has 1 aliphatic heterocycles. The molecule has 1 atom stereocenters. The van der Waals surface area contributed by atoms with Crippen molar-refractivity contribution in [1.82, 2.24) is 5.48 Å². The Morgan fingerprint density at radius 3 is 3.12 bits per heavy atom. The van der Waals surface area contributed by atoms with Crippen LogP contribution in [0, 0.1) is 0 Å². The summed E-state index contributed by atoms with van der Waals surface area (Å²) in [6, 6.07) is 3.98. The minimum Gasteiger partial charge on any atom is -0.492 e. The SMILES string of the molecule is CONC1CCCOc2c(Cl)cc(Br)cc21. The number of benzene rings is 1. The Labute approximate surface area is 108 Å². The highest BCUT2D eigenvalue weighted by molar-refractivity contribution is 9.10. The first-order chi connectivity index (χ1) is 7.72. The molecule has 0 fully saturated rings. The summed E-state index contributed by atoms with van der Waals surface area (Å²) < 4.78 is 6.61. The predicted molar refractivity (Wildman–Crippen MR) is 66.8 cm³/mol. The summed E-state index contributed by atoms with van der Waals surface area (Å²) in [5.41, 5.74) is 4.02. The molecule has 3 nitrogen and oxygen atoms in total. The topological polar surface area (TPSA) is 30.5 Å². The van der Waals surface area contributed by atoms with Crippen molar-refractivity contribution in [1.29, 1.82) is 0 Å². The van der Waals surface area contributed by atoms with E-state index in [-0.39, 0.29) is 6.04 Å². The van der Waals surface area contributed by atoms with Crippen LogP contribution in [0.15, 0.2) is 16.6 Å². The molecule has 0 saturated heterocycles. The molecule has 16 heavy (non-hydrogen) atoms. The number of ether oxygens (including phenoxy) is 1. The minimum absolute atomic E-state index is 0.123. The summed E-state index contributed by atoms with van der Waals surface area (Å²) in [7, 11) is 1.62. The van der Waals surface area contributed by atoms with Crippen LogP contribution in [0.3, 0.4) is 0 Å². The molecule has 0 radical (unpaired) electrons. The zero-order valence-corrected chi connectivity index (χ0v) is 11.3. The zero-order chi connectivity index (χ0) is 11.5. The summed E-state index contributed by atoms with van der Waals surface area (Å²) in [5.74, 6) is 0.761. The number of hydrogen-bond acceptors (Lipinski definition) is 3. The Morgan fingerprint density at radius 2 is 2.38 bits per heavy atom. The fourth-order valence-corrected chi connectivity index (χ4v) is 2.76. The van der Waals surface area contributed by atoms with E-state index >= 15 is 0 Å². The van der Waals surface area contributed by atoms with Crippen LogP contribution in [0.2, 0.25) is 5.02 Å². The lowest BCUT2D eigenvalue weighted by molar-refractivity contribution is 0.0579. The molecule has 0 saturated carbocycles. The van der Waals surface area contributed by atoms with Crippen LogP contribution in [0.5, 0.6) is 5.75 Å². The molecule has 1 aromatic rings. The molecular formula is C11H13BrClNO2.